The molecule has 0 radical (unpaired) electrons. The first-order valence-electron chi connectivity index (χ1n) is 7.04. The van der Waals surface area contributed by atoms with Gasteiger partial charge in [-0.15, -0.1) is 0 Å². The second-order valence-corrected chi connectivity index (χ2v) is 5.78. The maximum Gasteiger partial charge on any atom is 0.125 e. The molecule has 0 bridgehead atoms. The standard InChI is InChI=1S/C15H23ClN2O/c1-19-15-10-12(16)7-8-13(15)14(18-17)9-11-5-3-2-4-6-11/h7-8,10-11,14,18H,2-6,9,17H2,1H3. The van der Waals surface area contributed by atoms with Crippen molar-refractivity contribution < 1.29 is 4.74 Å². The van der Waals surface area contributed by atoms with Gasteiger partial charge in [0.05, 0.1) is 7.11 Å². The Morgan fingerprint density at radius 3 is 2.74 bits per heavy atom. The van der Waals surface area contributed by atoms with Crippen LogP contribution in [0.5, 0.6) is 5.75 Å². The number of methoxy groups -OCH3 is 1. The van der Waals surface area contributed by atoms with Gasteiger partial charge in [-0.25, -0.2) is 0 Å². The summed E-state index contributed by atoms with van der Waals surface area (Å²) in [5.74, 6) is 7.32. The molecule has 0 amide bonds. The smallest absolute Gasteiger partial charge is 0.125 e. The number of nitrogens with one attached hydrogen (secondary N) is 1. The molecule has 1 unspecified atom stereocenters. The van der Waals surface area contributed by atoms with Gasteiger partial charge >= 0.3 is 0 Å². The second kappa shape index (κ2) is 7.13. The molecule has 2 rings (SSSR count). The van der Waals surface area contributed by atoms with E-state index < -0.39 is 0 Å². The highest BCUT2D eigenvalue weighted by Crippen LogP contribution is 2.35. The zero-order valence-corrected chi connectivity index (χ0v) is 12.2. The molecule has 1 aliphatic carbocycles. The first-order valence-corrected chi connectivity index (χ1v) is 7.42. The van der Waals surface area contributed by atoms with E-state index in [1.165, 1.54) is 32.1 Å². The Balaban J connectivity index is 2.11. The molecule has 1 aliphatic rings. The monoisotopic (exact) mass is 282 g/mol. The van der Waals surface area contributed by atoms with Gasteiger partial charge in [-0.1, -0.05) is 49.8 Å². The third-order valence-electron chi connectivity index (χ3n) is 4.07. The van der Waals surface area contributed by atoms with Gasteiger partial charge in [0.2, 0.25) is 0 Å². The normalized spacial score (nSPS) is 18.3. The first-order chi connectivity index (χ1) is 9.24. The van der Waals surface area contributed by atoms with E-state index in [-0.39, 0.29) is 6.04 Å². The number of hydrogen-bond acceptors (Lipinski definition) is 3. The van der Waals surface area contributed by atoms with Crippen LogP contribution in [0.15, 0.2) is 18.2 Å². The van der Waals surface area contributed by atoms with Gasteiger partial charge in [0.25, 0.3) is 0 Å². The predicted molar refractivity (Wildman–Crippen MR) is 79.3 cm³/mol. The molecule has 3 nitrogen and oxygen atoms in total. The Morgan fingerprint density at radius 2 is 2.11 bits per heavy atom. The van der Waals surface area contributed by atoms with E-state index in [0.717, 1.165) is 23.7 Å². The predicted octanol–water partition coefficient (Wildman–Crippen LogP) is 3.82. The van der Waals surface area contributed by atoms with Gasteiger partial charge in [-0.3, -0.25) is 11.3 Å². The van der Waals surface area contributed by atoms with E-state index in [0.29, 0.717) is 5.02 Å². The summed E-state index contributed by atoms with van der Waals surface area (Å²) in [5, 5.41) is 0.689. The molecule has 0 saturated heterocycles. The summed E-state index contributed by atoms with van der Waals surface area (Å²) in [7, 11) is 1.67. The maximum atomic E-state index is 6.00. The van der Waals surface area contributed by atoms with Crippen LogP contribution in [0.2, 0.25) is 5.02 Å². The average molecular weight is 283 g/mol. The molecule has 0 aliphatic heterocycles. The average Bonchev–Trinajstić information content (AvgIpc) is 2.46. The number of rotatable bonds is 5. The lowest BCUT2D eigenvalue weighted by atomic mass is 9.83. The highest BCUT2D eigenvalue weighted by molar-refractivity contribution is 6.30. The minimum absolute atomic E-state index is 0.135. The molecule has 0 aromatic heterocycles. The Labute approximate surface area is 120 Å². The highest BCUT2D eigenvalue weighted by Gasteiger charge is 2.21. The molecule has 106 valence electrons. The molecule has 1 fully saturated rings. The summed E-state index contributed by atoms with van der Waals surface area (Å²) in [6.45, 7) is 0. The second-order valence-electron chi connectivity index (χ2n) is 5.35. The quantitative estimate of drug-likeness (QED) is 0.637. The van der Waals surface area contributed by atoms with Gasteiger partial charge in [0, 0.05) is 16.6 Å². The van der Waals surface area contributed by atoms with E-state index in [1.807, 2.05) is 18.2 Å². The zero-order chi connectivity index (χ0) is 13.7. The van der Waals surface area contributed by atoms with Crippen molar-refractivity contribution in [1.29, 1.82) is 0 Å². The van der Waals surface area contributed by atoms with E-state index in [2.05, 4.69) is 5.43 Å². The molecule has 1 aromatic carbocycles. The van der Waals surface area contributed by atoms with E-state index in [1.54, 1.807) is 7.11 Å². The van der Waals surface area contributed by atoms with Gasteiger partial charge in [-0.05, 0) is 24.5 Å². The third kappa shape index (κ3) is 3.85. The molecule has 1 atom stereocenters. The number of hydrogen-bond donors (Lipinski definition) is 2. The van der Waals surface area contributed by atoms with Gasteiger partial charge in [0.15, 0.2) is 0 Å². The van der Waals surface area contributed by atoms with E-state index >= 15 is 0 Å². The molecule has 3 N–H and O–H groups in total. The van der Waals surface area contributed by atoms with Crippen molar-refractivity contribution in [3.63, 3.8) is 0 Å². The lowest BCUT2D eigenvalue weighted by Gasteiger charge is -2.27. The SMILES string of the molecule is COc1cc(Cl)ccc1C(CC1CCCCC1)NN. The molecule has 0 heterocycles. The fraction of sp³-hybridized carbons (Fsp3) is 0.600. The minimum atomic E-state index is 0.135. The third-order valence-corrected chi connectivity index (χ3v) is 4.30. The number of benzene rings is 1. The van der Waals surface area contributed by atoms with Gasteiger partial charge < -0.3 is 4.74 Å². The van der Waals surface area contributed by atoms with Crippen molar-refractivity contribution in [1.82, 2.24) is 5.43 Å². The lowest BCUT2D eigenvalue weighted by Crippen LogP contribution is -2.30. The first kappa shape index (κ1) is 14.6. The van der Waals surface area contributed by atoms with Crippen molar-refractivity contribution in [3.8, 4) is 5.75 Å². The largest absolute Gasteiger partial charge is 0.496 e. The van der Waals surface area contributed by atoms with Crippen LogP contribution in [-0.4, -0.2) is 7.11 Å². The van der Waals surface area contributed by atoms with Crippen LogP contribution in [0, 0.1) is 5.92 Å². The number of nitrogens with two attached hydrogens (primary N) is 1. The minimum Gasteiger partial charge on any atom is -0.496 e. The Kier molecular flexibility index (Phi) is 5.49. The van der Waals surface area contributed by atoms with Crippen LogP contribution in [-0.2, 0) is 0 Å². The van der Waals surface area contributed by atoms with Crippen molar-refractivity contribution in [2.75, 3.05) is 7.11 Å². The molecule has 4 heteroatoms. The summed E-state index contributed by atoms with van der Waals surface area (Å²) in [6.07, 6.45) is 7.76. The van der Waals surface area contributed by atoms with E-state index in [9.17, 15) is 0 Å². The Morgan fingerprint density at radius 1 is 1.37 bits per heavy atom. The van der Waals surface area contributed by atoms with Crippen LogP contribution in [0.1, 0.15) is 50.1 Å². The van der Waals surface area contributed by atoms with Crippen LogP contribution >= 0.6 is 11.6 Å². The Bertz CT molecular complexity index is 405. The fourth-order valence-corrected chi connectivity index (χ4v) is 3.18. The van der Waals surface area contributed by atoms with E-state index in [4.69, 9.17) is 22.2 Å². The van der Waals surface area contributed by atoms with Crippen LogP contribution in [0.25, 0.3) is 0 Å². The van der Waals surface area contributed by atoms with Crippen LogP contribution in [0.4, 0.5) is 0 Å². The number of hydrazine groups is 1. The van der Waals surface area contributed by atoms with Crippen molar-refractivity contribution in [3.05, 3.63) is 28.8 Å². The molecule has 1 aromatic rings. The molecule has 19 heavy (non-hydrogen) atoms. The summed E-state index contributed by atoms with van der Waals surface area (Å²) in [4.78, 5) is 0. The zero-order valence-electron chi connectivity index (χ0n) is 11.5. The molecule has 0 spiro atoms. The summed E-state index contributed by atoms with van der Waals surface area (Å²) < 4.78 is 5.42. The van der Waals surface area contributed by atoms with Crippen molar-refractivity contribution >= 4 is 11.6 Å². The highest BCUT2D eigenvalue weighted by atomic mass is 35.5. The van der Waals surface area contributed by atoms with Crippen molar-refractivity contribution in [2.45, 2.75) is 44.6 Å². The topological polar surface area (TPSA) is 47.3 Å². The van der Waals surface area contributed by atoms with Gasteiger partial charge in [0.1, 0.15) is 5.75 Å². The fourth-order valence-electron chi connectivity index (χ4n) is 3.01. The van der Waals surface area contributed by atoms with Crippen LogP contribution in [0.3, 0.4) is 0 Å². The summed E-state index contributed by atoms with van der Waals surface area (Å²) in [6, 6.07) is 5.89. The van der Waals surface area contributed by atoms with Crippen LogP contribution < -0.4 is 16.0 Å². The Hall–Kier alpha value is -0.770. The lowest BCUT2D eigenvalue weighted by molar-refractivity contribution is 0.296. The molecular formula is C15H23ClN2O. The number of halogens is 1. The number of ether oxygens (including phenoxy) is 1. The molecular weight excluding hydrogens is 260 g/mol. The maximum absolute atomic E-state index is 6.00. The van der Waals surface area contributed by atoms with Gasteiger partial charge in [-0.2, -0.15) is 0 Å². The summed E-state index contributed by atoms with van der Waals surface area (Å²) >= 11 is 6.00. The van der Waals surface area contributed by atoms with Crippen molar-refractivity contribution in [2.24, 2.45) is 11.8 Å². The summed E-state index contributed by atoms with van der Waals surface area (Å²) in [5.41, 5.74) is 4.03. The molecule has 1 saturated carbocycles.